The molecule has 0 spiro atoms. The van der Waals surface area contributed by atoms with E-state index in [9.17, 15) is 0 Å². The van der Waals surface area contributed by atoms with Gasteiger partial charge in [-0.05, 0) is 42.3 Å². The molecule has 2 nitrogen and oxygen atoms in total. The molecule has 0 saturated heterocycles. The SMILES string of the molecule is Cc1ccccc1N(C)c1ccc(Br)cc1CN. The number of aryl methyl sites for hydroxylation is 1. The molecule has 2 rings (SSSR count). The molecule has 0 bridgehead atoms. The van der Waals surface area contributed by atoms with E-state index in [1.54, 1.807) is 0 Å². The van der Waals surface area contributed by atoms with Crippen LogP contribution in [0.1, 0.15) is 11.1 Å². The summed E-state index contributed by atoms with van der Waals surface area (Å²) in [5, 5.41) is 0. The minimum atomic E-state index is 0.533. The van der Waals surface area contributed by atoms with Gasteiger partial charge < -0.3 is 10.6 Å². The van der Waals surface area contributed by atoms with E-state index in [1.807, 2.05) is 6.07 Å². The van der Waals surface area contributed by atoms with Crippen molar-refractivity contribution in [2.75, 3.05) is 11.9 Å². The number of benzene rings is 2. The molecule has 2 aromatic rings. The van der Waals surface area contributed by atoms with Crippen molar-refractivity contribution in [3.05, 3.63) is 58.1 Å². The van der Waals surface area contributed by atoms with Crippen LogP contribution in [0.5, 0.6) is 0 Å². The summed E-state index contributed by atoms with van der Waals surface area (Å²) < 4.78 is 1.06. The summed E-state index contributed by atoms with van der Waals surface area (Å²) in [7, 11) is 2.07. The Hall–Kier alpha value is -1.32. The molecule has 94 valence electrons. The van der Waals surface area contributed by atoms with Gasteiger partial charge in [0.1, 0.15) is 0 Å². The van der Waals surface area contributed by atoms with Crippen molar-refractivity contribution >= 4 is 27.3 Å². The lowest BCUT2D eigenvalue weighted by atomic mass is 10.1. The topological polar surface area (TPSA) is 29.3 Å². The molecule has 0 aromatic heterocycles. The Morgan fingerprint density at radius 3 is 2.50 bits per heavy atom. The number of nitrogens with two attached hydrogens (primary N) is 1. The Morgan fingerprint density at radius 2 is 1.83 bits per heavy atom. The van der Waals surface area contributed by atoms with E-state index < -0.39 is 0 Å². The van der Waals surface area contributed by atoms with Crippen LogP contribution in [-0.4, -0.2) is 7.05 Å². The zero-order chi connectivity index (χ0) is 13.1. The van der Waals surface area contributed by atoms with E-state index >= 15 is 0 Å². The molecule has 0 fully saturated rings. The third kappa shape index (κ3) is 2.57. The van der Waals surface area contributed by atoms with Crippen molar-refractivity contribution in [3.8, 4) is 0 Å². The van der Waals surface area contributed by atoms with Crippen molar-refractivity contribution in [1.82, 2.24) is 0 Å². The first-order valence-electron chi connectivity index (χ1n) is 5.91. The second-order valence-electron chi connectivity index (χ2n) is 4.32. The highest BCUT2D eigenvalue weighted by atomic mass is 79.9. The molecular weight excluding hydrogens is 288 g/mol. The van der Waals surface area contributed by atoms with Gasteiger partial charge in [0.2, 0.25) is 0 Å². The standard InChI is InChI=1S/C15H17BrN2/c1-11-5-3-4-6-14(11)18(2)15-8-7-13(16)9-12(15)10-17/h3-9H,10,17H2,1-2H3. The fraction of sp³-hybridized carbons (Fsp3) is 0.200. The Morgan fingerprint density at radius 1 is 1.11 bits per heavy atom. The van der Waals surface area contributed by atoms with Gasteiger partial charge in [0.15, 0.2) is 0 Å². The Balaban J connectivity index is 2.46. The third-order valence-corrected chi connectivity index (χ3v) is 3.59. The molecule has 0 radical (unpaired) electrons. The Bertz CT molecular complexity index is 552. The molecule has 0 atom stereocenters. The molecule has 0 unspecified atom stereocenters. The second-order valence-corrected chi connectivity index (χ2v) is 5.24. The van der Waals surface area contributed by atoms with E-state index in [1.165, 1.54) is 11.3 Å². The zero-order valence-corrected chi connectivity index (χ0v) is 12.2. The van der Waals surface area contributed by atoms with Gasteiger partial charge in [-0.3, -0.25) is 0 Å². The summed E-state index contributed by atoms with van der Waals surface area (Å²) in [6.07, 6.45) is 0. The average Bonchev–Trinajstić information content (AvgIpc) is 2.38. The summed E-state index contributed by atoms with van der Waals surface area (Å²) in [4.78, 5) is 2.18. The van der Waals surface area contributed by atoms with Gasteiger partial charge in [0.05, 0.1) is 0 Å². The smallest absolute Gasteiger partial charge is 0.0454 e. The number of hydrogen-bond acceptors (Lipinski definition) is 2. The highest BCUT2D eigenvalue weighted by molar-refractivity contribution is 9.10. The van der Waals surface area contributed by atoms with E-state index in [0.29, 0.717) is 6.54 Å². The summed E-state index contributed by atoms with van der Waals surface area (Å²) in [6, 6.07) is 14.6. The molecule has 0 amide bonds. The molecule has 0 aliphatic rings. The van der Waals surface area contributed by atoms with E-state index in [4.69, 9.17) is 5.73 Å². The Labute approximate surface area is 117 Å². The summed E-state index contributed by atoms with van der Waals surface area (Å²) >= 11 is 3.48. The van der Waals surface area contributed by atoms with E-state index in [-0.39, 0.29) is 0 Å². The fourth-order valence-electron chi connectivity index (χ4n) is 2.11. The molecule has 2 aromatic carbocycles. The summed E-state index contributed by atoms with van der Waals surface area (Å²) in [5.41, 5.74) is 10.6. The summed E-state index contributed by atoms with van der Waals surface area (Å²) in [6.45, 7) is 2.65. The minimum absolute atomic E-state index is 0.533. The number of anilines is 2. The van der Waals surface area contributed by atoms with Crippen molar-refractivity contribution in [2.45, 2.75) is 13.5 Å². The van der Waals surface area contributed by atoms with Gasteiger partial charge in [0, 0.05) is 29.4 Å². The number of nitrogens with zero attached hydrogens (tertiary/aromatic N) is 1. The first kappa shape index (κ1) is 13.1. The number of hydrogen-bond donors (Lipinski definition) is 1. The number of halogens is 1. The van der Waals surface area contributed by atoms with E-state index in [0.717, 1.165) is 15.7 Å². The normalized spacial score (nSPS) is 10.4. The van der Waals surface area contributed by atoms with Crippen LogP contribution in [0.25, 0.3) is 0 Å². The molecule has 3 heteroatoms. The maximum atomic E-state index is 5.83. The fourth-order valence-corrected chi connectivity index (χ4v) is 2.52. The lowest BCUT2D eigenvalue weighted by molar-refractivity contribution is 1.04. The second kappa shape index (κ2) is 5.55. The van der Waals surface area contributed by atoms with Crippen molar-refractivity contribution in [2.24, 2.45) is 5.73 Å². The maximum absolute atomic E-state index is 5.83. The van der Waals surface area contributed by atoms with Crippen LogP contribution >= 0.6 is 15.9 Å². The van der Waals surface area contributed by atoms with Crippen LogP contribution in [0.4, 0.5) is 11.4 Å². The molecule has 0 saturated carbocycles. The highest BCUT2D eigenvalue weighted by Gasteiger charge is 2.10. The van der Waals surface area contributed by atoms with Crippen LogP contribution in [0.15, 0.2) is 46.9 Å². The van der Waals surface area contributed by atoms with Crippen molar-refractivity contribution in [1.29, 1.82) is 0 Å². The molecule has 0 aliphatic carbocycles. The van der Waals surface area contributed by atoms with Crippen LogP contribution in [-0.2, 0) is 6.54 Å². The van der Waals surface area contributed by atoms with Gasteiger partial charge >= 0.3 is 0 Å². The van der Waals surface area contributed by atoms with Crippen LogP contribution in [0.3, 0.4) is 0 Å². The van der Waals surface area contributed by atoms with Crippen molar-refractivity contribution < 1.29 is 0 Å². The number of para-hydroxylation sites is 1. The first-order chi connectivity index (χ1) is 8.63. The lowest BCUT2D eigenvalue weighted by Crippen LogP contribution is -2.14. The van der Waals surface area contributed by atoms with Crippen molar-refractivity contribution in [3.63, 3.8) is 0 Å². The third-order valence-electron chi connectivity index (χ3n) is 3.10. The largest absolute Gasteiger partial charge is 0.344 e. The Kier molecular flexibility index (Phi) is 4.04. The quantitative estimate of drug-likeness (QED) is 0.929. The maximum Gasteiger partial charge on any atom is 0.0454 e. The zero-order valence-electron chi connectivity index (χ0n) is 10.7. The van der Waals surface area contributed by atoms with Crippen LogP contribution in [0, 0.1) is 6.92 Å². The molecule has 2 N–H and O–H groups in total. The first-order valence-corrected chi connectivity index (χ1v) is 6.70. The molecular formula is C15H17BrN2. The van der Waals surface area contributed by atoms with Gasteiger partial charge in [-0.15, -0.1) is 0 Å². The lowest BCUT2D eigenvalue weighted by Gasteiger charge is -2.24. The predicted molar refractivity (Wildman–Crippen MR) is 81.3 cm³/mol. The van der Waals surface area contributed by atoms with Gasteiger partial charge in [-0.25, -0.2) is 0 Å². The highest BCUT2D eigenvalue weighted by Crippen LogP contribution is 2.30. The van der Waals surface area contributed by atoms with Crippen LogP contribution in [0.2, 0.25) is 0 Å². The monoisotopic (exact) mass is 304 g/mol. The van der Waals surface area contributed by atoms with Gasteiger partial charge in [-0.2, -0.15) is 0 Å². The average molecular weight is 305 g/mol. The van der Waals surface area contributed by atoms with Crippen LogP contribution < -0.4 is 10.6 Å². The molecule has 0 heterocycles. The summed E-state index contributed by atoms with van der Waals surface area (Å²) in [5.74, 6) is 0. The minimum Gasteiger partial charge on any atom is -0.344 e. The van der Waals surface area contributed by atoms with Gasteiger partial charge in [-0.1, -0.05) is 34.1 Å². The number of rotatable bonds is 3. The van der Waals surface area contributed by atoms with E-state index in [2.05, 4.69) is 71.2 Å². The van der Waals surface area contributed by atoms with Gasteiger partial charge in [0.25, 0.3) is 0 Å². The molecule has 0 aliphatic heterocycles. The predicted octanol–water partition coefficient (Wildman–Crippen LogP) is 3.98. The molecule has 18 heavy (non-hydrogen) atoms.